The number of benzene rings is 2. The Morgan fingerprint density at radius 1 is 1.21 bits per heavy atom. The van der Waals surface area contributed by atoms with E-state index in [0.717, 1.165) is 16.7 Å². The first kappa shape index (κ1) is 41.6. The lowest BCUT2D eigenvalue weighted by Crippen LogP contribution is -2.63. The predicted molar refractivity (Wildman–Crippen MR) is 215 cm³/mol. The average Bonchev–Trinajstić information content (AvgIpc) is 3.87. The van der Waals surface area contributed by atoms with Crippen molar-refractivity contribution in [2.45, 2.75) is 95.7 Å². The number of epoxide rings is 1. The van der Waals surface area contributed by atoms with Gasteiger partial charge in [0, 0.05) is 50.8 Å². The summed E-state index contributed by atoms with van der Waals surface area (Å²) in [7, 11) is 4.52. The molecule has 0 radical (unpaired) electrons. The third kappa shape index (κ3) is 8.22. The number of nitrogens with zero attached hydrogens (tertiary/aromatic N) is 3. The summed E-state index contributed by atoms with van der Waals surface area (Å²) < 4.78 is 23.8. The van der Waals surface area contributed by atoms with Crippen molar-refractivity contribution in [3.8, 4) is 0 Å². The summed E-state index contributed by atoms with van der Waals surface area (Å²) in [6.45, 7) is 8.85. The molecule has 4 N–H and O–H groups in total. The van der Waals surface area contributed by atoms with E-state index in [1.807, 2.05) is 32.1 Å². The first-order chi connectivity index (χ1) is 26.9. The Morgan fingerprint density at radius 3 is 2.67 bits per heavy atom. The van der Waals surface area contributed by atoms with Gasteiger partial charge in [-0.2, -0.15) is 0 Å². The fraction of sp³-hybridized carbons (Fsp3) is 0.452. The second-order valence-electron chi connectivity index (χ2n) is 15.5. The fourth-order valence-electron chi connectivity index (χ4n) is 7.77. The normalized spacial score (nSPS) is 29.9. The van der Waals surface area contributed by atoms with Crippen LogP contribution in [0.25, 0.3) is 10.9 Å². The number of halogens is 1. The van der Waals surface area contributed by atoms with Crippen molar-refractivity contribution in [1.29, 1.82) is 0 Å². The van der Waals surface area contributed by atoms with Crippen molar-refractivity contribution >= 4 is 57.8 Å². The van der Waals surface area contributed by atoms with Gasteiger partial charge in [0.25, 0.3) is 5.91 Å². The molecule has 8 atom stereocenters. The van der Waals surface area contributed by atoms with Gasteiger partial charge < -0.3 is 39.6 Å². The number of fused-ring (bicyclic) bond motifs is 6. The van der Waals surface area contributed by atoms with E-state index in [4.69, 9.17) is 36.3 Å². The number of methoxy groups -OCH3 is 1. The molecule has 304 valence electrons. The summed E-state index contributed by atoms with van der Waals surface area (Å²) in [6, 6.07) is 9.34. The maximum Gasteiger partial charge on any atom is 0.409 e. The van der Waals surface area contributed by atoms with Crippen molar-refractivity contribution in [2.24, 2.45) is 5.92 Å². The van der Waals surface area contributed by atoms with Crippen LogP contribution < -0.4 is 16.0 Å². The molecule has 2 saturated heterocycles. The van der Waals surface area contributed by atoms with E-state index in [2.05, 4.69) is 10.3 Å². The topological polar surface area (TPSA) is 186 Å². The Kier molecular flexibility index (Phi) is 11.7. The number of hydrogen-bond acceptors (Lipinski definition) is 11. The van der Waals surface area contributed by atoms with E-state index in [9.17, 15) is 24.3 Å². The number of hydrogen-bond donors (Lipinski definition) is 3. The van der Waals surface area contributed by atoms with Crippen LogP contribution in [0.3, 0.4) is 0 Å². The van der Waals surface area contributed by atoms with E-state index in [0.29, 0.717) is 33.7 Å². The van der Waals surface area contributed by atoms with Crippen LogP contribution in [0, 0.1) is 12.8 Å². The first-order valence-corrected chi connectivity index (χ1v) is 19.2. The molecule has 3 aliphatic rings. The number of amides is 3. The first-order valence-electron chi connectivity index (χ1n) is 18.8. The number of ether oxygens (including phenoxy) is 4. The molecule has 3 amide bonds. The number of aryl methyl sites for hydroxylation is 1. The van der Waals surface area contributed by atoms with Crippen LogP contribution in [0.15, 0.2) is 66.4 Å². The number of likely N-dealkylation sites (N-methyl/N-ethyl adjacent to an activating group) is 1. The maximum absolute atomic E-state index is 14.2. The molecule has 1 aromatic heterocycles. The summed E-state index contributed by atoms with van der Waals surface area (Å²) in [5.74, 6) is -2.23. The molecule has 4 heterocycles. The van der Waals surface area contributed by atoms with E-state index in [1.165, 1.54) is 30.9 Å². The van der Waals surface area contributed by atoms with Crippen molar-refractivity contribution in [3.05, 3.63) is 88.1 Å². The smallest absolute Gasteiger partial charge is 0.409 e. The monoisotopic (exact) mass is 803 g/mol. The number of pyridine rings is 1. The number of nitrogens with two attached hydrogens (primary N) is 1. The number of anilines is 2. The second kappa shape index (κ2) is 16.1. The lowest BCUT2D eigenvalue weighted by molar-refractivity contribution is -0.158. The van der Waals surface area contributed by atoms with Gasteiger partial charge in [-0.05, 0) is 75.6 Å². The van der Waals surface area contributed by atoms with Crippen LogP contribution in [-0.2, 0) is 35.0 Å². The van der Waals surface area contributed by atoms with Crippen molar-refractivity contribution in [2.75, 3.05) is 31.8 Å². The second-order valence-corrected chi connectivity index (χ2v) is 15.9. The number of esters is 1. The van der Waals surface area contributed by atoms with Gasteiger partial charge in [0.15, 0.2) is 5.72 Å². The van der Waals surface area contributed by atoms with E-state index in [-0.39, 0.29) is 18.4 Å². The lowest BCUT2D eigenvalue weighted by Gasteiger charge is -2.42. The molecule has 57 heavy (non-hydrogen) atoms. The van der Waals surface area contributed by atoms with Crippen LogP contribution in [0.5, 0.6) is 0 Å². The SMILES string of the molecule is CO[C@@H]1/C=C/C=C(\C)Cc2cc(C)c(Cl)c(c2)N(C)C(=O)C[C@H](OC(=O)[C@H](C)N(C)C(=O)c2ccc(N)c3cccnc23)[C@]2(C)O[C@H]2[C@H](C)[C@@H]2C[C@@]1(O)NC(=O)O2. The maximum atomic E-state index is 14.2. The number of rotatable bonds is 5. The number of carbonyl (C=O) groups excluding carboxylic acids is 4. The molecule has 2 fully saturated rings. The van der Waals surface area contributed by atoms with Crippen LogP contribution >= 0.6 is 11.6 Å². The molecule has 2 aromatic carbocycles. The molecule has 0 saturated carbocycles. The third-order valence-electron chi connectivity index (χ3n) is 11.5. The van der Waals surface area contributed by atoms with Crippen LogP contribution in [-0.4, -0.2) is 102 Å². The van der Waals surface area contributed by atoms with Gasteiger partial charge in [-0.1, -0.05) is 48.4 Å². The third-order valence-corrected chi connectivity index (χ3v) is 12.0. The highest BCUT2D eigenvalue weighted by atomic mass is 35.5. The number of carbonyl (C=O) groups is 4. The van der Waals surface area contributed by atoms with Gasteiger partial charge in [0.2, 0.25) is 5.91 Å². The van der Waals surface area contributed by atoms with Gasteiger partial charge in [-0.3, -0.25) is 19.9 Å². The zero-order valence-corrected chi connectivity index (χ0v) is 34.1. The molecular formula is C42H50ClN5O9. The Hall–Kier alpha value is -5.02. The minimum atomic E-state index is -1.83. The minimum absolute atomic E-state index is 0.0598. The van der Waals surface area contributed by atoms with Gasteiger partial charge >= 0.3 is 12.1 Å². The summed E-state index contributed by atoms with van der Waals surface area (Å²) in [6.07, 6.45) is 2.51. The number of alkyl carbamates (subject to hydrolysis) is 1. The highest BCUT2D eigenvalue weighted by Gasteiger charge is 2.64. The Morgan fingerprint density at radius 2 is 1.95 bits per heavy atom. The van der Waals surface area contributed by atoms with Gasteiger partial charge in [0.1, 0.15) is 30.0 Å². The number of allylic oxidation sites excluding steroid dienone is 3. The predicted octanol–water partition coefficient (Wildman–Crippen LogP) is 5.26. The quantitative estimate of drug-likeness (QED) is 0.174. The van der Waals surface area contributed by atoms with E-state index >= 15 is 0 Å². The highest BCUT2D eigenvalue weighted by Crippen LogP contribution is 2.49. The molecule has 6 rings (SSSR count). The zero-order chi connectivity index (χ0) is 41.6. The number of nitrogen functional groups attached to an aromatic ring is 1. The summed E-state index contributed by atoms with van der Waals surface area (Å²) in [4.78, 5) is 62.1. The standard InChI is InChI=1S/C42H50ClN5O9/c1-22-11-9-13-32(54-8)42(53)21-31(55-40(52)46-42)24(3)37-41(5,57-37)33(20-34(49)48(7)30-19-26(17-22)18-23(2)35(30)43)56-39(51)25(4)47(6)38(50)28-14-15-29(44)27-12-10-16-45-36(27)28/h9-16,18-19,24-25,31-33,37,53H,17,20-21,44H2,1-8H3,(H,46,52)/b13-9+,22-11+/t24-,25+,31+,32-,33+,37+,41+,42+/m1/s1. The van der Waals surface area contributed by atoms with Crippen LogP contribution in [0.2, 0.25) is 5.02 Å². The number of nitrogens with one attached hydrogen (secondary N) is 1. The van der Waals surface area contributed by atoms with Gasteiger partial charge in [0.05, 0.1) is 34.3 Å². The highest BCUT2D eigenvalue weighted by molar-refractivity contribution is 6.34. The molecule has 3 aromatic rings. The Balaban J connectivity index is 1.34. The Bertz CT molecular complexity index is 2160. The molecule has 3 aliphatic heterocycles. The number of aromatic nitrogens is 1. The van der Waals surface area contributed by atoms with Gasteiger partial charge in [-0.25, -0.2) is 9.59 Å². The molecule has 0 spiro atoms. The summed E-state index contributed by atoms with van der Waals surface area (Å²) in [5, 5.41) is 15.3. The van der Waals surface area contributed by atoms with E-state index in [1.54, 1.807) is 63.5 Å². The molecule has 14 nitrogen and oxygen atoms in total. The average molecular weight is 804 g/mol. The summed E-state index contributed by atoms with van der Waals surface area (Å²) >= 11 is 6.80. The van der Waals surface area contributed by atoms with Crippen LogP contribution in [0.1, 0.15) is 62.0 Å². The summed E-state index contributed by atoms with van der Waals surface area (Å²) in [5.41, 5.74) is 7.26. The minimum Gasteiger partial charge on any atom is -0.457 e. The molecular weight excluding hydrogens is 754 g/mol. The van der Waals surface area contributed by atoms with Crippen molar-refractivity contribution in [3.63, 3.8) is 0 Å². The number of aliphatic hydroxyl groups is 1. The fourth-order valence-corrected chi connectivity index (χ4v) is 8.01. The molecule has 15 heteroatoms. The molecule has 4 bridgehead atoms. The molecule has 0 unspecified atom stereocenters. The lowest BCUT2D eigenvalue weighted by atomic mass is 9.83. The van der Waals surface area contributed by atoms with Crippen molar-refractivity contribution < 1.29 is 43.2 Å². The van der Waals surface area contributed by atoms with Gasteiger partial charge in [-0.15, -0.1) is 0 Å². The van der Waals surface area contributed by atoms with E-state index < -0.39 is 71.6 Å². The molecule has 0 aliphatic carbocycles. The zero-order valence-electron chi connectivity index (χ0n) is 33.4. The van der Waals surface area contributed by atoms with Crippen molar-refractivity contribution in [1.82, 2.24) is 15.2 Å². The Labute approximate surface area is 336 Å². The largest absolute Gasteiger partial charge is 0.457 e. The van der Waals surface area contributed by atoms with Crippen LogP contribution in [0.4, 0.5) is 16.2 Å².